The number of fused-ring (bicyclic) bond motifs is 1. The summed E-state index contributed by atoms with van der Waals surface area (Å²) in [6.07, 6.45) is 0. The standard InChI is InChI=1S/C19H25N5O4/c1-6-24-17(27)13-10-8-7-9-12(13)14(23-24)16(26)22-21-15(25)11(2)20-18(28)19(3,4)5/h7-11H,6H2,1-5H3,(H,20,28)(H,21,25)(H,22,26)/t11-/m0/s1. The van der Waals surface area contributed by atoms with Gasteiger partial charge in [0.2, 0.25) is 5.91 Å². The zero-order valence-electron chi connectivity index (χ0n) is 16.6. The van der Waals surface area contributed by atoms with Crippen LogP contribution in [0.1, 0.15) is 45.1 Å². The quantitative estimate of drug-likeness (QED) is 0.668. The van der Waals surface area contributed by atoms with E-state index in [9.17, 15) is 19.2 Å². The Morgan fingerprint density at radius 1 is 1.11 bits per heavy atom. The van der Waals surface area contributed by atoms with Gasteiger partial charge in [0.1, 0.15) is 6.04 Å². The van der Waals surface area contributed by atoms with E-state index in [1.54, 1.807) is 52.0 Å². The number of hydrogen-bond acceptors (Lipinski definition) is 5. The second-order valence-corrected chi connectivity index (χ2v) is 7.40. The maximum atomic E-state index is 12.6. The topological polar surface area (TPSA) is 122 Å². The van der Waals surface area contributed by atoms with Crippen LogP contribution in [0.5, 0.6) is 0 Å². The van der Waals surface area contributed by atoms with Crippen molar-refractivity contribution < 1.29 is 14.4 Å². The number of nitrogens with zero attached hydrogens (tertiary/aromatic N) is 2. The summed E-state index contributed by atoms with van der Waals surface area (Å²) in [6.45, 7) is 8.74. The first-order chi connectivity index (χ1) is 13.1. The van der Waals surface area contributed by atoms with E-state index in [1.807, 2.05) is 0 Å². The third-order valence-electron chi connectivity index (χ3n) is 4.10. The monoisotopic (exact) mass is 387 g/mol. The fraction of sp³-hybridized carbons (Fsp3) is 0.421. The second kappa shape index (κ2) is 8.20. The first-order valence-electron chi connectivity index (χ1n) is 8.97. The number of hydrogen-bond donors (Lipinski definition) is 3. The molecular weight excluding hydrogens is 362 g/mol. The Labute approximate surface area is 162 Å². The van der Waals surface area contributed by atoms with Crippen molar-refractivity contribution in [2.75, 3.05) is 0 Å². The van der Waals surface area contributed by atoms with Crippen LogP contribution in [-0.4, -0.2) is 33.5 Å². The van der Waals surface area contributed by atoms with Crippen LogP contribution in [0.3, 0.4) is 0 Å². The van der Waals surface area contributed by atoms with E-state index >= 15 is 0 Å². The summed E-state index contributed by atoms with van der Waals surface area (Å²) in [5, 5.41) is 7.42. The van der Waals surface area contributed by atoms with Gasteiger partial charge in [0.25, 0.3) is 17.4 Å². The molecule has 28 heavy (non-hydrogen) atoms. The van der Waals surface area contributed by atoms with Crippen molar-refractivity contribution in [1.82, 2.24) is 25.9 Å². The highest BCUT2D eigenvalue weighted by Gasteiger charge is 2.25. The highest BCUT2D eigenvalue weighted by molar-refractivity contribution is 6.05. The second-order valence-electron chi connectivity index (χ2n) is 7.40. The third kappa shape index (κ3) is 4.54. The zero-order chi connectivity index (χ0) is 21.1. The predicted molar refractivity (Wildman–Crippen MR) is 104 cm³/mol. The number of rotatable bonds is 4. The van der Waals surface area contributed by atoms with Gasteiger partial charge in [-0.25, -0.2) is 4.68 Å². The number of carbonyl (C=O) groups excluding carboxylic acids is 3. The van der Waals surface area contributed by atoms with Crippen LogP contribution in [0.2, 0.25) is 0 Å². The number of benzene rings is 1. The Morgan fingerprint density at radius 3 is 2.29 bits per heavy atom. The molecule has 0 aliphatic carbocycles. The number of aromatic nitrogens is 2. The summed E-state index contributed by atoms with van der Waals surface area (Å²) in [7, 11) is 0. The molecule has 0 aliphatic heterocycles. The number of hydrazine groups is 1. The fourth-order valence-electron chi connectivity index (χ4n) is 2.38. The van der Waals surface area contributed by atoms with Crippen LogP contribution < -0.4 is 21.7 Å². The van der Waals surface area contributed by atoms with Crippen LogP contribution in [0.4, 0.5) is 0 Å². The van der Waals surface area contributed by atoms with Crippen molar-refractivity contribution in [2.45, 2.75) is 47.2 Å². The molecule has 1 atom stereocenters. The molecule has 1 aromatic carbocycles. The minimum Gasteiger partial charge on any atom is -0.344 e. The Hall–Kier alpha value is -3.23. The average Bonchev–Trinajstić information content (AvgIpc) is 2.65. The molecular formula is C19H25N5O4. The van der Waals surface area contributed by atoms with E-state index in [2.05, 4.69) is 21.3 Å². The normalized spacial score (nSPS) is 12.3. The van der Waals surface area contributed by atoms with Crippen molar-refractivity contribution in [3.05, 3.63) is 40.3 Å². The highest BCUT2D eigenvalue weighted by atomic mass is 16.2. The molecule has 0 saturated carbocycles. The molecule has 0 unspecified atom stereocenters. The van der Waals surface area contributed by atoms with E-state index in [0.29, 0.717) is 17.3 Å². The molecule has 2 rings (SSSR count). The molecule has 9 nitrogen and oxygen atoms in total. The smallest absolute Gasteiger partial charge is 0.290 e. The minimum atomic E-state index is -0.846. The van der Waals surface area contributed by atoms with Gasteiger partial charge >= 0.3 is 0 Å². The Morgan fingerprint density at radius 2 is 1.71 bits per heavy atom. The fourth-order valence-corrected chi connectivity index (χ4v) is 2.38. The zero-order valence-corrected chi connectivity index (χ0v) is 16.6. The van der Waals surface area contributed by atoms with Gasteiger partial charge < -0.3 is 5.32 Å². The molecule has 0 aliphatic rings. The van der Waals surface area contributed by atoms with Crippen molar-refractivity contribution in [1.29, 1.82) is 0 Å². The highest BCUT2D eigenvalue weighted by Crippen LogP contribution is 2.13. The van der Waals surface area contributed by atoms with E-state index in [0.717, 1.165) is 0 Å². The molecule has 3 amide bonds. The molecule has 0 fully saturated rings. The van der Waals surface area contributed by atoms with Gasteiger partial charge in [-0.05, 0) is 19.9 Å². The molecule has 0 spiro atoms. The van der Waals surface area contributed by atoms with E-state index < -0.39 is 23.3 Å². The number of amides is 3. The van der Waals surface area contributed by atoms with Crippen molar-refractivity contribution >= 4 is 28.5 Å². The molecule has 0 saturated heterocycles. The van der Waals surface area contributed by atoms with E-state index in [1.165, 1.54) is 11.6 Å². The van der Waals surface area contributed by atoms with Gasteiger partial charge in [0, 0.05) is 17.3 Å². The molecule has 150 valence electrons. The molecule has 0 radical (unpaired) electrons. The first kappa shape index (κ1) is 21.1. The van der Waals surface area contributed by atoms with Gasteiger partial charge in [-0.1, -0.05) is 39.0 Å². The Balaban J connectivity index is 2.16. The van der Waals surface area contributed by atoms with E-state index in [-0.39, 0.29) is 17.2 Å². The lowest BCUT2D eigenvalue weighted by Gasteiger charge is -2.21. The number of nitrogens with one attached hydrogen (secondary N) is 3. The minimum absolute atomic E-state index is 0.0173. The van der Waals surface area contributed by atoms with Crippen LogP contribution in [-0.2, 0) is 16.1 Å². The molecule has 3 N–H and O–H groups in total. The first-order valence-corrected chi connectivity index (χ1v) is 8.97. The van der Waals surface area contributed by atoms with Crippen molar-refractivity contribution in [2.24, 2.45) is 5.41 Å². The lowest BCUT2D eigenvalue weighted by Crippen LogP contribution is -2.53. The summed E-state index contributed by atoms with van der Waals surface area (Å²) in [5.41, 5.74) is 3.64. The maximum Gasteiger partial charge on any atom is 0.290 e. The lowest BCUT2D eigenvalue weighted by atomic mass is 9.95. The number of carbonyl (C=O) groups is 3. The Kier molecular flexibility index (Phi) is 6.17. The summed E-state index contributed by atoms with van der Waals surface area (Å²) in [5.74, 6) is -1.54. The summed E-state index contributed by atoms with van der Waals surface area (Å²) in [4.78, 5) is 49.0. The largest absolute Gasteiger partial charge is 0.344 e. The molecule has 2 aromatic rings. The average molecular weight is 387 g/mol. The molecule has 1 heterocycles. The van der Waals surface area contributed by atoms with Gasteiger partial charge in [0.05, 0.1) is 5.39 Å². The van der Waals surface area contributed by atoms with Gasteiger partial charge in [-0.3, -0.25) is 30.0 Å². The summed E-state index contributed by atoms with van der Waals surface area (Å²) >= 11 is 0. The SMILES string of the molecule is CCn1nc(C(=O)NNC(=O)[C@H](C)NC(=O)C(C)(C)C)c2ccccc2c1=O. The van der Waals surface area contributed by atoms with Crippen LogP contribution in [0.25, 0.3) is 10.8 Å². The Bertz CT molecular complexity index is 974. The van der Waals surface area contributed by atoms with E-state index in [4.69, 9.17) is 0 Å². The van der Waals surface area contributed by atoms with Gasteiger partial charge in [-0.15, -0.1) is 0 Å². The summed E-state index contributed by atoms with van der Waals surface area (Å²) < 4.78 is 1.19. The lowest BCUT2D eigenvalue weighted by molar-refractivity contribution is -0.133. The van der Waals surface area contributed by atoms with Gasteiger partial charge in [0.15, 0.2) is 5.69 Å². The van der Waals surface area contributed by atoms with Crippen LogP contribution >= 0.6 is 0 Å². The van der Waals surface area contributed by atoms with Crippen LogP contribution in [0.15, 0.2) is 29.1 Å². The summed E-state index contributed by atoms with van der Waals surface area (Å²) in [6, 6.07) is 5.78. The molecule has 1 aromatic heterocycles. The van der Waals surface area contributed by atoms with Crippen molar-refractivity contribution in [3.8, 4) is 0 Å². The van der Waals surface area contributed by atoms with Gasteiger partial charge in [-0.2, -0.15) is 5.10 Å². The molecule has 0 bridgehead atoms. The van der Waals surface area contributed by atoms with Crippen LogP contribution in [0, 0.1) is 5.41 Å². The maximum absolute atomic E-state index is 12.6. The predicted octanol–water partition coefficient (Wildman–Crippen LogP) is 0.728. The van der Waals surface area contributed by atoms with Crippen molar-refractivity contribution in [3.63, 3.8) is 0 Å². The third-order valence-corrected chi connectivity index (χ3v) is 4.10. The number of aryl methyl sites for hydroxylation is 1. The molecule has 9 heteroatoms.